The van der Waals surface area contributed by atoms with Gasteiger partial charge >= 0.3 is 0 Å². The SMILES string of the molecule is O=C(NCc1cnn(-c2ccccc2)c1)c1cc(-c2cccnc2)nc2c1cnn2Cc1ccco1. The Morgan fingerprint density at radius 3 is 2.69 bits per heavy atom. The number of aromatic nitrogens is 6. The second-order valence-corrected chi connectivity index (χ2v) is 8.23. The Labute approximate surface area is 206 Å². The van der Waals surface area contributed by atoms with Gasteiger partial charge in [0.25, 0.3) is 5.91 Å². The van der Waals surface area contributed by atoms with Crippen LogP contribution in [0.25, 0.3) is 28.0 Å². The minimum Gasteiger partial charge on any atom is -0.467 e. The molecule has 0 bridgehead atoms. The zero-order valence-electron chi connectivity index (χ0n) is 19.2. The Balaban J connectivity index is 1.31. The Morgan fingerprint density at radius 1 is 0.972 bits per heavy atom. The lowest BCUT2D eigenvalue weighted by Crippen LogP contribution is -2.23. The van der Waals surface area contributed by atoms with E-state index in [4.69, 9.17) is 9.40 Å². The summed E-state index contributed by atoms with van der Waals surface area (Å²) in [6, 6.07) is 19.1. The Kier molecular flexibility index (Phi) is 5.55. The van der Waals surface area contributed by atoms with Crippen LogP contribution in [0, 0.1) is 0 Å². The highest BCUT2D eigenvalue weighted by atomic mass is 16.3. The fourth-order valence-corrected chi connectivity index (χ4v) is 4.01. The van der Waals surface area contributed by atoms with Gasteiger partial charge in [-0.15, -0.1) is 0 Å². The Bertz CT molecular complexity index is 1620. The van der Waals surface area contributed by atoms with Crippen LogP contribution in [0.4, 0.5) is 0 Å². The van der Waals surface area contributed by atoms with Crippen LogP contribution < -0.4 is 5.32 Å². The summed E-state index contributed by atoms with van der Waals surface area (Å²) < 4.78 is 9.00. The lowest BCUT2D eigenvalue weighted by molar-refractivity contribution is 0.0952. The number of nitrogens with zero attached hydrogens (tertiary/aromatic N) is 6. The number of benzene rings is 1. The number of hydrogen-bond donors (Lipinski definition) is 1. The standard InChI is InChI=1S/C27H21N7O2/c35-27(29-13-19-14-30-33(17-19)21-7-2-1-3-8-21)23-12-25(20-6-4-10-28-15-20)32-26-24(23)16-31-34(26)18-22-9-5-11-36-22/h1-12,14-17H,13,18H2,(H,29,35). The topological polar surface area (TPSA) is 104 Å². The maximum atomic E-state index is 13.4. The molecule has 0 aliphatic carbocycles. The lowest BCUT2D eigenvalue weighted by atomic mass is 10.1. The number of nitrogens with one attached hydrogen (secondary N) is 1. The molecule has 5 aromatic heterocycles. The molecule has 1 amide bonds. The van der Waals surface area contributed by atoms with Gasteiger partial charge in [-0.2, -0.15) is 10.2 Å². The number of para-hydroxylation sites is 1. The monoisotopic (exact) mass is 475 g/mol. The smallest absolute Gasteiger partial charge is 0.252 e. The molecule has 9 heteroatoms. The van der Waals surface area contributed by atoms with E-state index in [0.29, 0.717) is 35.4 Å². The van der Waals surface area contributed by atoms with E-state index in [1.807, 2.05) is 60.8 Å². The third-order valence-corrected chi connectivity index (χ3v) is 5.81. The first-order valence-corrected chi connectivity index (χ1v) is 11.4. The summed E-state index contributed by atoms with van der Waals surface area (Å²) in [4.78, 5) is 22.4. The van der Waals surface area contributed by atoms with Gasteiger partial charge in [-0.3, -0.25) is 9.78 Å². The van der Waals surface area contributed by atoms with Gasteiger partial charge in [0, 0.05) is 36.3 Å². The van der Waals surface area contributed by atoms with Crippen molar-refractivity contribution in [1.29, 1.82) is 0 Å². The van der Waals surface area contributed by atoms with Crippen LogP contribution in [0.15, 0.2) is 102 Å². The molecule has 6 rings (SSSR count). The quantitative estimate of drug-likeness (QED) is 0.370. The molecule has 0 saturated heterocycles. The van der Waals surface area contributed by atoms with E-state index in [1.165, 1.54) is 0 Å². The first-order chi connectivity index (χ1) is 17.7. The fourth-order valence-electron chi connectivity index (χ4n) is 4.01. The number of rotatable bonds is 7. The molecule has 176 valence electrons. The van der Waals surface area contributed by atoms with Crippen LogP contribution in [0.3, 0.4) is 0 Å². The summed E-state index contributed by atoms with van der Waals surface area (Å²) in [5, 5.41) is 12.6. The van der Waals surface area contributed by atoms with E-state index >= 15 is 0 Å². The zero-order valence-corrected chi connectivity index (χ0v) is 19.2. The van der Waals surface area contributed by atoms with Crippen LogP contribution in [0.1, 0.15) is 21.7 Å². The van der Waals surface area contributed by atoms with Crippen molar-refractivity contribution in [3.63, 3.8) is 0 Å². The normalized spacial score (nSPS) is 11.1. The van der Waals surface area contributed by atoms with Gasteiger partial charge in [0.2, 0.25) is 0 Å². The lowest BCUT2D eigenvalue weighted by Gasteiger charge is -2.09. The number of carbonyl (C=O) groups is 1. The van der Waals surface area contributed by atoms with E-state index in [9.17, 15) is 4.79 Å². The zero-order chi connectivity index (χ0) is 24.3. The molecule has 0 unspecified atom stereocenters. The molecule has 6 aromatic rings. The molecule has 36 heavy (non-hydrogen) atoms. The molecular formula is C27H21N7O2. The fraction of sp³-hybridized carbons (Fsp3) is 0.0741. The van der Waals surface area contributed by atoms with Crippen molar-refractivity contribution in [2.45, 2.75) is 13.1 Å². The molecule has 1 aromatic carbocycles. The summed E-state index contributed by atoms with van der Waals surface area (Å²) in [6.07, 6.45) is 10.4. The van der Waals surface area contributed by atoms with Gasteiger partial charge in [0.05, 0.1) is 41.0 Å². The molecule has 0 spiro atoms. The third-order valence-electron chi connectivity index (χ3n) is 5.81. The number of furan rings is 1. The number of amides is 1. The van der Waals surface area contributed by atoms with Crippen molar-refractivity contribution in [3.05, 3.63) is 115 Å². The molecule has 0 atom stereocenters. The molecule has 1 N–H and O–H groups in total. The second-order valence-electron chi connectivity index (χ2n) is 8.23. The average Bonchev–Trinajstić information content (AvgIpc) is 3.70. The average molecular weight is 476 g/mol. The van der Waals surface area contributed by atoms with Crippen molar-refractivity contribution in [3.8, 4) is 16.9 Å². The molecule has 9 nitrogen and oxygen atoms in total. The van der Waals surface area contributed by atoms with Crippen LogP contribution in [0.2, 0.25) is 0 Å². The predicted molar refractivity (Wildman–Crippen MR) is 133 cm³/mol. The van der Waals surface area contributed by atoms with Crippen molar-refractivity contribution >= 4 is 16.9 Å². The van der Waals surface area contributed by atoms with E-state index in [-0.39, 0.29) is 5.91 Å². The Morgan fingerprint density at radius 2 is 1.89 bits per heavy atom. The molecule has 0 fully saturated rings. The molecule has 0 aliphatic heterocycles. The van der Waals surface area contributed by atoms with E-state index in [1.54, 1.807) is 46.5 Å². The summed E-state index contributed by atoms with van der Waals surface area (Å²) >= 11 is 0. The third kappa shape index (κ3) is 4.25. The van der Waals surface area contributed by atoms with Gasteiger partial charge in [-0.05, 0) is 42.5 Å². The molecular weight excluding hydrogens is 454 g/mol. The maximum absolute atomic E-state index is 13.4. The minimum absolute atomic E-state index is 0.224. The Hall–Kier alpha value is -5.05. The highest BCUT2D eigenvalue weighted by molar-refractivity contribution is 6.06. The van der Waals surface area contributed by atoms with Crippen molar-refractivity contribution in [2.24, 2.45) is 0 Å². The van der Waals surface area contributed by atoms with E-state index in [2.05, 4.69) is 20.5 Å². The van der Waals surface area contributed by atoms with Crippen LogP contribution >= 0.6 is 0 Å². The number of hydrogen-bond acceptors (Lipinski definition) is 6. The minimum atomic E-state index is -0.224. The van der Waals surface area contributed by atoms with Crippen molar-refractivity contribution in [1.82, 2.24) is 34.8 Å². The van der Waals surface area contributed by atoms with Crippen LogP contribution in [-0.4, -0.2) is 35.4 Å². The van der Waals surface area contributed by atoms with Crippen molar-refractivity contribution in [2.75, 3.05) is 0 Å². The summed E-state index contributed by atoms with van der Waals surface area (Å²) in [7, 11) is 0. The summed E-state index contributed by atoms with van der Waals surface area (Å²) in [5.74, 6) is 0.521. The van der Waals surface area contributed by atoms with Crippen LogP contribution in [0.5, 0.6) is 0 Å². The predicted octanol–water partition coefficient (Wildman–Crippen LogP) is 4.25. The largest absolute Gasteiger partial charge is 0.467 e. The first-order valence-electron chi connectivity index (χ1n) is 11.4. The van der Waals surface area contributed by atoms with E-state index in [0.717, 1.165) is 22.6 Å². The second kappa shape index (κ2) is 9.30. The highest BCUT2D eigenvalue weighted by Gasteiger charge is 2.18. The number of pyridine rings is 2. The van der Waals surface area contributed by atoms with Gasteiger partial charge in [-0.25, -0.2) is 14.3 Å². The molecule has 5 heterocycles. The van der Waals surface area contributed by atoms with Gasteiger partial charge < -0.3 is 9.73 Å². The van der Waals surface area contributed by atoms with Gasteiger partial charge in [-0.1, -0.05) is 18.2 Å². The van der Waals surface area contributed by atoms with Crippen LogP contribution in [-0.2, 0) is 13.1 Å². The summed E-state index contributed by atoms with van der Waals surface area (Å²) in [5.41, 5.74) is 4.37. The van der Waals surface area contributed by atoms with Crippen molar-refractivity contribution < 1.29 is 9.21 Å². The molecule has 0 saturated carbocycles. The maximum Gasteiger partial charge on any atom is 0.252 e. The molecule has 0 aliphatic rings. The molecule has 0 radical (unpaired) electrons. The number of carbonyl (C=O) groups excluding carboxylic acids is 1. The first kappa shape index (κ1) is 21.5. The summed E-state index contributed by atoms with van der Waals surface area (Å²) in [6.45, 7) is 0.734. The van der Waals surface area contributed by atoms with Gasteiger partial charge in [0.15, 0.2) is 5.65 Å². The number of fused-ring (bicyclic) bond motifs is 1. The van der Waals surface area contributed by atoms with E-state index < -0.39 is 0 Å². The highest BCUT2D eigenvalue weighted by Crippen LogP contribution is 2.25. The van der Waals surface area contributed by atoms with Gasteiger partial charge in [0.1, 0.15) is 12.3 Å².